The maximum Gasteiger partial charge on any atom is 0.254 e. The number of hydrogen-bond acceptors (Lipinski definition) is 3. The molecule has 132 valence electrons. The summed E-state index contributed by atoms with van der Waals surface area (Å²) in [6.45, 7) is 2.93. The molecule has 0 spiro atoms. The molecule has 4 nitrogen and oxygen atoms in total. The fourth-order valence-corrected chi connectivity index (χ4v) is 3.91. The van der Waals surface area contributed by atoms with Gasteiger partial charge >= 0.3 is 0 Å². The minimum Gasteiger partial charge on any atom is -0.491 e. The summed E-state index contributed by atoms with van der Waals surface area (Å²) in [5, 5.41) is 0. The van der Waals surface area contributed by atoms with E-state index in [-0.39, 0.29) is 5.91 Å². The van der Waals surface area contributed by atoms with Gasteiger partial charge in [0.1, 0.15) is 12.4 Å². The Bertz CT molecular complexity index is 552. The van der Waals surface area contributed by atoms with Crippen molar-refractivity contribution in [3.63, 3.8) is 0 Å². The van der Waals surface area contributed by atoms with E-state index in [0.29, 0.717) is 19.1 Å². The molecule has 2 aliphatic rings. The number of ether oxygens (including phenoxy) is 2. The number of aryl methyl sites for hydroxylation is 1. The molecule has 1 saturated carbocycles. The van der Waals surface area contributed by atoms with Crippen LogP contribution in [-0.2, 0) is 11.2 Å². The molecule has 1 aliphatic carbocycles. The van der Waals surface area contributed by atoms with Crippen LogP contribution in [0.2, 0.25) is 0 Å². The van der Waals surface area contributed by atoms with E-state index >= 15 is 0 Å². The fraction of sp³-hybridized carbons (Fsp3) is 0.650. The third-order valence-corrected chi connectivity index (χ3v) is 5.23. The van der Waals surface area contributed by atoms with E-state index in [9.17, 15) is 4.79 Å². The van der Waals surface area contributed by atoms with Crippen LogP contribution < -0.4 is 4.74 Å². The van der Waals surface area contributed by atoms with Crippen LogP contribution in [0.1, 0.15) is 54.4 Å². The molecule has 24 heavy (non-hydrogen) atoms. The first-order valence-corrected chi connectivity index (χ1v) is 9.32. The van der Waals surface area contributed by atoms with E-state index in [1.165, 1.54) is 32.1 Å². The largest absolute Gasteiger partial charge is 0.491 e. The van der Waals surface area contributed by atoms with Crippen molar-refractivity contribution in [2.75, 3.05) is 33.4 Å². The standard InChI is InChI=1S/C20H29NO3/c1-23-12-13-24-18-9-10-19-17(14-18)8-5-11-21(20(19)22)15-16-6-3-2-4-7-16/h9-10,14,16H,2-8,11-13,15H2,1H3. The Hall–Kier alpha value is -1.55. The van der Waals surface area contributed by atoms with Gasteiger partial charge in [0.05, 0.1) is 6.61 Å². The molecule has 1 heterocycles. The normalized spacial score (nSPS) is 19.0. The second-order valence-electron chi connectivity index (χ2n) is 7.02. The molecule has 0 bridgehead atoms. The molecule has 0 radical (unpaired) electrons. The van der Waals surface area contributed by atoms with Crippen LogP contribution in [0.5, 0.6) is 5.75 Å². The predicted molar refractivity (Wildman–Crippen MR) is 94.6 cm³/mol. The lowest BCUT2D eigenvalue weighted by Gasteiger charge is -2.29. The average molecular weight is 331 g/mol. The molecule has 0 aromatic heterocycles. The summed E-state index contributed by atoms with van der Waals surface area (Å²) >= 11 is 0. The van der Waals surface area contributed by atoms with E-state index in [0.717, 1.165) is 42.8 Å². The quantitative estimate of drug-likeness (QED) is 0.747. The molecular weight excluding hydrogens is 302 g/mol. The van der Waals surface area contributed by atoms with Crippen LogP contribution in [-0.4, -0.2) is 44.2 Å². The van der Waals surface area contributed by atoms with Crippen LogP contribution in [0.4, 0.5) is 0 Å². The van der Waals surface area contributed by atoms with Crippen molar-refractivity contribution >= 4 is 5.91 Å². The highest BCUT2D eigenvalue weighted by Gasteiger charge is 2.25. The minimum atomic E-state index is 0.205. The lowest BCUT2D eigenvalue weighted by molar-refractivity contribution is 0.0719. The number of rotatable bonds is 6. The predicted octanol–water partition coefficient (Wildman–Crippen LogP) is 3.68. The summed E-state index contributed by atoms with van der Waals surface area (Å²) in [5.74, 6) is 1.73. The smallest absolute Gasteiger partial charge is 0.254 e. The molecule has 1 aliphatic heterocycles. The first-order valence-electron chi connectivity index (χ1n) is 9.32. The summed E-state index contributed by atoms with van der Waals surface area (Å²) in [5.41, 5.74) is 1.99. The Labute approximate surface area is 145 Å². The maximum absolute atomic E-state index is 12.9. The topological polar surface area (TPSA) is 38.8 Å². The molecule has 1 amide bonds. The van der Waals surface area contributed by atoms with Crippen molar-refractivity contribution in [2.45, 2.75) is 44.9 Å². The zero-order valence-electron chi connectivity index (χ0n) is 14.8. The number of carbonyl (C=O) groups excluding carboxylic acids is 1. The van der Waals surface area contributed by atoms with E-state index in [1.54, 1.807) is 7.11 Å². The molecule has 0 unspecified atom stereocenters. The molecule has 4 heteroatoms. The third-order valence-electron chi connectivity index (χ3n) is 5.23. The van der Waals surface area contributed by atoms with Gasteiger partial charge in [-0.25, -0.2) is 0 Å². The number of fused-ring (bicyclic) bond motifs is 1. The monoisotopic (exact) mass is 331 g/mol. The molecule has 0 N–H and O–H groups in total. The Morgan fingerprint density at radius 3 is 2.75 bits per heavy atom. The SMILES string of the molecule is COCCOc1ccc2c(c1)CCCN(CC1CCCCC1)C2=O. The number of methoxy groups -OCH3 is 1. The second-order valence-corrected chi connectivity index (χ2v) is 7.02. The first-order chi connectivity index (χ1) is 11.8. The lowest BCUT2D eigenvalue weighted by Crippen LogP contribution is -2.36. The number of nitrogens with zero attached hydrogens (tertiary/aromatic N) is 1. The molecule has 0 saturated heterocycles. The second kappa shape index (κ2) is 8.52. The van der Waals surface area contributed by atoms with Crippen molar-refractivity contribution < 1.29 is 14.3 Å². The number of carbonyl (C=O) groups is 1. The third kappa shape index (κ3) is 4.29. The van der Waals surface area contributed by atoms with E-state index in [1.807, 2.05) is 18.2 Å². The van der Waals surface area contributed by atoms with Gasteiger partial charge in [0.15, 0.2) is 0 Å². The Balaban J connectivity index is 1.67. The molecular formula is C20H29NO3. The molecule has 1 fully saturated rings. The van der Waals surface area contributed by atoms with Gasteiger partial charge in [0.25, 0.3) is 5.91 Å². The Morgan fingerprint density at radius 1 is 1.12 bits per heavy atom. The van der Waals surface area contributed by atoms with E-state index in [2.05, 4.69) is 4.90 Å². The summed E-state index contributed by atoms with van der Waals surface area (Å²) < 4.78 is 10.7. The van der Waals surface area contributed by atoms with Gasteiger partial charge in [-0.3, -0.25) is 4.79 Å². The van der Waals surface area contributed by atoms with Crippen LogP contribution >= 0.6 is 0 Å². The highest BCUT2D eigenvalue weighted by atomic mass is 16.5. The summed E-state index contributed by atoms with van der Waals surface area (Å²) in [4.78, 5) is 15.0. The van der Waals surface area contributed by atoms with Crippen molar-refractivity contribution in [3.8, 4) is 5.75 Å². The average Bonchev–Trinajstić information content (AvgIpc) is 2.76. The fourth-order valence-electron chi connectivity index (χ4n) is 3.91. The highest BCUT2D eigenvalue weighted by Crippen LogP contribution is 2.28. The summed E-state index contributed by atoms with van der Waals surface area (Å²) in [7, 11) is 1.67. The Morgan fingerprint density at radius 2 is 1.96 bits per heavy atom. The van der Waals surface area contributed by atoms with Gasteiger partial charge in [-0.2, -0.15) is 0 Å². The zero-order chi connectivity index (χ0) is 16.8. The zero-order valence-corrected chi connectivity index (χ0v) is 14.8. The van der Waals surface area contributed by atoms with Gasteiger partial charge in [0.2, 0.25) is 0 Å². The minimum absolute atomic E-state index is 0.205. The molecule has 3 rings (SSSR count). The van der Waals surface area contributed by atoms with Gasteiger partial charge in [0, 0.05) is 25.8 Å². The van der Waals surface area contributed by atoms with Crippen molar-refractivity contribution in [2.24, 2.45) is 5.92 Å². The van der Waals surface area contributed by atoms with Gasteiger partial charge in [-0.1, -0.05) is 19.3 Å². The Kier molecular flexibility index (Phi) is 6.13. The van der Waals surface area contributed by atoms with Crippen LogP contribution in [0.15, 0.2) is 18.2 Å². The van der Waals surface area contributed by atoms with Crippen LogP contribution in [0, 0.1) is 5.92 Å². The van der Waals surface area contributed by atoms with Crippen molar-refractivity contribution in [1.29, 1.82) is 0 Å². The molecule has 1 aromatic rings. The van der Waals surface area contributed by atoms with Crippen molar-refractivity contribution in [3.05, 3.63) is 29.3 Å². The number of benzene rings is 1. The summed E-state index contributed by atoms with van der Waals surface area (Å²) in [6, 6.07) is 5.89. The molecule has 1 aromatic carbocycles. The maximum atomic E-state index is 12.9. The van der Waals surface area contributed by atoms with Crippen LogP contribution in [0.25, 0.3) is 0 Å². The van der Waals surface area contributed by atoms with Gasteiger partial charge in [-0.05, 0) is 55.4 Å². The highest BCUT2D eigenvalue weighted by molar-refractivity contribution is 5.96. The summed E-state index contributed by atoms with van der Waals surface area (Å²) in [6.07, 6.45) is 8.55. The number of amides is 1. The van der Waals surface area contributed by atoms with Gasteiger partial charge < -0.3 is 14.4 Å². The van der Waals surface area contributed by atoms with E-state index in [4.69, 9.17) is 9.47 Å². The van der Waals surface area contributed by atoms with Crippen molar-refractivity contribution in [1.82, 2.24) is 4.90 Å². The number of hydrogen-bond donors (Lipinski definition) is 0. The lowest BCUT2D eigenvalue weighted by atomic mass is 9.89. The molecule has 0 atom stereocenters. The van der Waals surface area contributed by atoms with Crippen LogP contribution in [0.3, 0.4) is 0 Å². The van der Waals surface area contributed by atoms with E-state index < -0.39 is 0 Å². The first kappa shape index (κ1) is 17.3. The van der Waals surface area contributed by atoms with Gasteiger partial charge in [-0.15, -0.1) is 0 Å².